The number of carbonyl (C=O) groups is 6. The quantitative estimate of drug-likeness (QED) is 0.0344. The monoisotopic (exact) mass is 1260 g/mol. The maximum absolute atomic E-state index is 16.2. The maximum Gasteiger partial charge on any atom is 0.417 e. The number of amides is 6. The molecule has 8 rings (SSSR count). The van der Waals surface area contributed by atoms with Gasteiger partial charge in [-0.05, 0) is 68.6 Å². The number of hydrogen-bond acceptors (Lipinski definition) is 16. The number of anilines is 3. The third-order valence-electron chi connectivity index (χ3n) is 16.2. The number of H-pyrrole nitrogens is 1. The predicted octanol–water partition coefficient (Wildman–Crippen LogP) is 5.59. The molecule has 27 heteroatoms. The number of thiazole rings is 1. The minimum absolute atomic E-state index is 0.00957. The van der Waals surface area contributed by atoms with E-state index in [2.05, 4.69) is 41.1 Å². The van der Waals surface area contributed by atoms with Gasteiger partial charge in [-0.1, -0.05) is 45.0 Å². The molecule has 5 atom stereocenters. The number of alkyl halides is 3. The average molecular weight is 1260 g/mol. The van der Waals surface area contributed by atoms with Gasteiger partial charge in [0.15, 0.2) is 0 Å². The number of piperazine rings is 2. The molecule has 0 bridgehead atoms. The minimum atomic E-state index is -5.01. The Labute approximate surface area is 517 Å². The fourth-order valence-electron chi connectivity index (χ4n) is 11.0. The molecule has 0 radical (unpaired) electrons. The van der Waals surface area contributed by atoms with Crippen LogP contribution in [0.15, 0.2) is 77.3 Å². The van der Waals surface area contributed by atoms with Crippen molar-refractivity contribution in [1.29, 1.82) is 0 Å². The summed E-state index contributed by atoms with van der Waals surface area (Å²) in [7, 11) is 1.96. The van der Waals surface area contributed by atoms with Gasteiger partial charge in [-0.3, -0.25) is 38.5 Å². The van der Waals surface area contributed by atoms with Crippen LogP contribution < -0.4 is 36.6 Å². The molecule has 480 valence electrons. The van der Waals surface area contributed by atoms with Gasteiger partial charge < -0.3 is 60.4 Å². The van der Waals surface area contributed by atoms with Gasteiger partial charge in [-0.2, -0.15) is 13.2 Å². The van der Waals surface area contributed by atoms with E-state index in [0.29, 0.717) is 62.9 Å². The molecule has 3 fully saturated rings. The Balaban J connectivity index is 0.719. The largest absolute Gasteiger partial charge is 0.417 e. The Morgan fingerprint density at radius 2 is 1.51 bits per heavy atom. The first-order chi connectivity index (χ1) is 42.2. The number of benzene rings is 2. The number of likely N-dealkylation sites (N-methyl/N-ethyl adjacent to an activating group) is 1. The average Bonchev–Trinajstić information content (AvgIpc) is 3.77. The Morgan fingerprint density at radius 3 is 2.15 bits per heavy atom. The maximum atomic E-state index is 16.2. The van der Waals surface area contributed by atoms with Crippen LogP contribution in [-0.4, -0.2) is 186 Å². The molecule has 6 N–H and O–H groups in total. The van der Waals surface area contributed by atoms with Gasteiger partial charge >= 0.3 is 6.18 Å². The summed E-state index contributed by atoms with van der Waals surface area (Å²) < 4.78 is 69.4. The molecule has 3 saturated heterocycles. The molecule has 3 aromatic heterocycles. The molecule has 6 amide bonds. The van der Waals surface area contributed by atoms with Gasteiger partial charge in [0.05, 0.1) is 71.1 Å². The van der Waals surface area contributed by atoms with E-state index in [9.17, 15) is 51.8 Å². The van der Waals surface area contributed by atoms with E-state index < -0.39 is 75.9 Å². The number of nitrogens with one attached hydrogen (secondary N) is 5. The van der Waals surface area contributed by atoms with Crippen LogP contribution >= 0.6 is 11.3 Å². The van der Waals surface area contributed by atoms with Crippen molar-refractivity contribution in [3.8, 4) is 21.6 Å². The predicted molar refractivity (Wildman–Crippen MR) is 327 cm³/mol. The summed E-state index contributed by atoms with van der Waals surface area (Å²) in [6.45, 7) is 14.7. The van der Waals surface area contributed by atoms with Crippen molar-refractivity contribution in [2.24, 2.45) is 5.41 Å². The standard InChI is InChI=1S/C62H78F4N12O10S/c1-37-33-77(34-38(2)74(37)7)49-29-47(63)44(27-48(49)72-58(84)45-32-69-54(82)28-46(45)62(64,65)66)42-12-13-51(68-31-42)75-18-20-76(21-19-75)55(83)15-14-52(80)67-17-23-88-25-24-87-22-16-53(81)73-57(61(4,5)6)60(86)78-35-43(79)26-50(78)59(85)70-30-40-8-10-41(11-9-40)56-39(3)71-36-89-56/h8-13,27-29,31-32,36-38,43,50,57,79H,14-26,30,33-35H2,1-7H3,(H,67,80)(H,69,82)(H,70,85)(H,72,84)(H,73,81)/t37-,38+,43-,50+,57?/m1/s1. The molecule has 0 aliphatic carbocycles. The van der Waals surface area contributed by atoms with Gasteiger partial charge in [0.1, 0.15) is 23.7 Å². The fourth-order valence-corrected chi connectivity index (χ4v) is 11.8. The number of aryl methyl sites for hydroxylation is 1. The lowest BCUT2D eigenvalue weighted by atomic mass is 9.85. The second-order valence-electron chi connectivity index (χ2n) is 23.7. The molecule has 22 nitrogen and oxygen atoms in total. The Hall–Kier alpha value is -7.85. The van der Waals surface area contributed by atoms with Crippen molar-refractivity contribution in [2.75, 3.05) is 101 Å². The minimum Gasteiger partial charge on any atom is -0.391 e. The lowest BCUT2D eigenvalue weighted by Crippen LogP contribution is -2.57. The molecule has 6 heterocycles. The summed E-state index contributed by atoms with van der Waals surface area (Å²) in [5.41, 5.74) is 1.33. The molecule has 3 aliphatic rings. The van der Waals surface area contributed by atoms with E-state index in [4.69, 9.17) is 9.47 Å². The third kappa shape index (κ3) is 17.5. The molecule has 0 spiro atoms. The van der Waals surface area contributed by atoms with Crippen LogP contribution in [0.25, 0.3) is 21.6 Å². The molecule has 2 aromatic carbocycles. The number of pyridine rings is 2. The van der Waals surface area contributed by atoms with E-state index in [1.165, 1.54) is 23.2 Å². The molecule has 5 aromatic rings. The fraction of sp³-hybridized carbons (Fsp3) is 0.500. The van der Waals surface area contributed by atoms with E-state index in [0.717, 1.165) is 21.7 Å². The second-order valence-corrected chi connectivity index (χ2v) is 24.6. The molecule has 0 saturated carbocycles. The molecular weight excluding hydrogens is 1180 g/mol. The van der Waals surface area contributed by atoms with Crippen LogP contribution in [0.5, 0.6) is 0 Å². The van der Waals surface area contributed by atoms with E-state index in [-0.39, 0.29) is 113 Å². The first-order valence-electron chi connectivity index (χ1n) is 29.6. The van der Waals surface area contributed by atoms with Crippen LogP contribution in [0.4, 0.5) is 34.8 Å². The molecule has 89 heavy (non-hydrogen) atoms. The number of aliphatic hydroxyl groups is 1. The number of nitrogens with zero attached hydrogens (tertiary/aromatic N) is 7. The highest BCUT2D eigenvalue weighted by molar-refractivity contribution is 7.13. The summed E-state index contributed by atoms with van der Waals surface area (Å²) in [6, 6.07) is 12.2. The van der Waals surface area contributed by atoms with Gasteiger partial charge in [-0.25, -0.2) is 14.4 Å². The number of hydrogen-bond donors (Lipinski definition) is 6. The zero-order valence-corrected chi connectivity index (χ0v) is 51.8. The van der Waals surface area contributed by atoms with Crippen LogP contribution in [-0.2, 0) is 46.2 Å². The van der Waals surface area contributed by atoms with Crippen molar-refractivity contribution in [3.63, 3.8) is 0 Å². The number of carbonyl (C=O) groups excluding carboxylic acids is 6. The van der Waals surface area contributed by atoms with Crippen LogP contribution in [0.3, 0.4) is 0 Å². The van der Waals surface area contributed by atoms with E-state index in [1.54, 1.807) is 54.7 Å². The summed E-state index contributed by atoms with van der Waals surface area (Å²) in [6.07, 6.45) is -3.79. The summed E-state index contributed by atoms with van der Waals surface area (Å²) >= 11 is 1.55. The number of likely N-dealkylation sites (tertiary alicyclic amines) is 1. The molecule has 1 unspecified atom stereocenters. The number of aromatic nitrogens is 3. The highest BCUT2D eigenvalue weighted by Crippen LogP contribution is 2.38. The van der Waals surface area contributed by atoms with Gasteiger partial charge in [0, 0.05) is 126 Å². The normalized spacial score (nSPS) is 18.6. The van der Waals surface area contributed by atoms with Crippen molar-refractivity contribution in [3.05, 3.63) is 111 Å². The summed E-state index contributed by atoms with van der Waals surface area (Å²) in [5, 5.41) is 21.6. The zero-order valence-electron chi connectivity index (χ0n) is 51.0. The SMILES string of the molecule is Cc1ncsc1-c1ccc(CNC(=O)[C@@H]2C[C@@H](O)CN2C(=O)C(NC(=O)CCOCCOCCNC(=O)CCC(=O)N2CCN(c3ccc(-c4cc(NC(=O)c5c[nH]c(=O)cc5C(F)(F)F)c(N5C[C@@H](C)N(C)[C@@H](C)C5)cc4F)cn3)CC2)C(C)(C)C)cc1. The summed E-state index contributed by atoms with van der Waals surface area (Å²) in [5.74, 6) is -3.07. The zero-order chi connectivity index (χ0) is 64.3. The van der Waals surface area contributed by atoms with E-state index in [1.807, 2.05) is 61.9 Å². The van der Waals surface area contributed by atoms with Crippen molar-refractivity contribution < 1.29 is 60.9 Å². The van der Waals surface area contributed by atoms with Gasteiger partial charge in [-0.15, -0.1) is 11.3 Å². The Kier molecular flexibility index (Phi) is 22.3. The van der Waals surface area contributed by atoms with Crippen LogP contribution in [0.1, 0.15) is 87.5 Å². The summed E-state index contributed by atoms with van der Waals surface area (Å²) in [4.78, 5) is 113. The van der Waals surface area contributed by atoms with E-state index >= 15 is 4.39 Å². The smallest absolute Gasteiger partial charge is 0.391 e. The number of β-amino-alcohol motifs (C(OH)–C–C–N with tert-alkyl or cyclic N) is 1. The third-order valence-corrected chi connectivity index (χ3v) is 17.2. The topological polar surface area (TPSA) is 264 Å². The van der Waals surface area contributed by atoms with Crippen LogP contribution in [0, 0.1) is 18.2 Å². The van der Waals surface area contributed by atoms with Crippen molar-refractivity contribution in [2.45, 2.75) is 110 Å². The number of ether oxygens (including phenoxy) is 2. The Morgan fingerprint density at radius 1 is 0.820 bits per heavy atom. The van der Waals surface area contributed by atoms with Gasteiger partial charge in [0.2, 0.25) is 35.1 Å². The number of halogens is 4. The van der Waals surface area contributed by atoms with Crippen molar-refractivity contribution in [1.82, 2.24) is 45.6 Å². The number of rotatable bonds is 23. The second kappa shape index (κ2) is 29.6. The number of aromatic amines is 1. The number of aliphatic hydroxyl groups excluding tert-OH is 1. The van der Waals surface area contributed by atoms with Crippen molar-refractivity contribution >= 4 is 64.0 Å². The Bertz CT molecular complexity index is 3360. The first-order valence-corrected chi connectivity index (χ1v) is 30.5. The lowest BCUT2D eigenvalue weighted by molar-refractivity contribution is -0.144. The molecular formula is C62H78F4N12O10S. The highest BCUT2D eigenvalue weighted by Gasteiger charge is 2.45. The first kappa shape index (κ1) is 67.1. The highest BCUT2D eigenvalue weighted by atomic mass is 32.1. The lowest BCUT2D eigenvalue weighted by Gasteiger charge is -2.44. The molecule has 3 aliphatic heterocycles. The van der Waals surface area contributed by atoms with Gasteiger partial charge in [0.25, 0.3) is 5.91 Å². The van der Waals surface area contributed by atoms with Crippen LogP contribution in [0.2, 0.25) is 0 Å².